The van der Waals surface area contributed by atoms with Gasteiger partial charge in [-0.3, -0.25) is 14.4 Å². The predicted octanol–water partition coefficient (Wildman–Crippen LogP) is 7.45. The number of benzene rings is 2. The molecule has 10 heteroatoms. The van der Waals surface area contributed by atoms with Crippen molar-refractivity contribution < 1.29 is 24.2 Å². The molecule has 2 aromatic carbocycles. The van der Waals surface area contributed by atoms with Gasteiger partial charge in [0.2, 0.25) is 5.91 Å². The lowest BCUT2D eigenvalue weighted by atomic mass is 10.0. The van der Waals surface area contributed by atoms with Gasteiger partial charge in [0, 0.05) is 47.9 Å². The van der Waals surface area contributed by atoms with Gasteiger partial charge in [0.25, 0.3) is 5.91 Å². The van der Waals surface area contributed by atoms with Crippen molar-refractivity contribution in [2.45, 2.75) is 77.7 Å². The number of hydrogen-bond donors (Lipinski definition) is 2. The first-order chi connectivity index (χ1) is 23.8. The smallest absolute Gasteiger partial charge is 0.308 e. The first kappa shape index (κ1) is 35.7. The van der Waals surface area contributed by atoms with Crippen LogP contribution < -0.4 is 10.1 Å². The number of ether oxygens (including phenoxy) is 1. The molecule has 0 spiro atoms. The molecule has 2 atom stereocenters. The summed E-state index contributed by atoms with van der Waals surface area (Å²) in [6.45, 7) is 5.53. The zero-order valence-electron chi connectivity index (χ0n) is 28.4. The molecule has 2 N–H and O–H groups in total. The van der Waals surface area contributed by atoms with Gasteiger partial charge in [0.15, 0.2) is 5.82 Å². The molecule has 9 nitrogen and oxygen atoms in total. The van der Waals surface area contributed by atoms with Crippen LogP contribution in [0.25, 0.3) is 22.5 Å². The summed E-state index contributed by atoms with van der Waals surface area (Å²) in [6, 6.07) is 18.6. The van der Waals surface area contributed by atoms with Crippen molar-refractivity contribution in [3.05, 3.63) is 88.4 Å². The van der Waals surface area contributed by atoms with Gasteiger partial charge in [0.05, 0.1) is 17.4 Å². The number of carboxylic acids is 1. The molecule has 2 amide bonds. The maximum Gasteiger partial charge on any atom is 0.308 e. The minimum atomic E-state index is -0.907. The van der Waals surface area contributed by atoms with E-state index in [4.69, 9.17) is 4.74 Å². The summed E-state index contributed by atoms with van der Waals surface area (Å²) < 4.78 is 5.89. The van der Waals surface area contributed by atoms with Crippen LogP contribution in [0, 0.1) is 5.92 Å². The highest BCUT2D eigenvalue weighted by Crippen LogP contribution is 2.25. The number of aromatic nitrogens is 2. The average molecular weight is 683 g/mol. The summed E-state index contributed by atoms with van der Waals surface area (Å²) in [7, 11) is 0. The van der Waals surface area contributed by atoms with Crippen LogP contribution in [0.15, 0.2) is 73.1 Å². The quantitative estimate of drug-likeness (QED) is 0.111. The van der Waals surface area contributed by atoms with E-state index in [1.54, 1.807) is 23.4 Å². The number of unbranched alkanes of at least 4 members (excludes halogenated alkanes) is 4. The van der Waals surface area contributed by atoms with E-state index in [0.717, 1.165) is 58.7 Å². The maximum atomic E-state index is 13.6. The van der Waals surface area contributed by atoms with Crippen molar-refractivity contribution in [2.75, 3.05) is 19.7 Å². The largest absolute Gasteiger partial charge is 0.494 e. The fourth-order valence-electron chi connectivity index (χ4n) is 5.98. The van der Waals surface area contributed by atoms with E-state index in [1.807, 2.05) is 54.6 Å². The summed E-state index contributed by atoms with van der Waals surface area (Å²) in [5, 5.41) is 12.4. The van der Waals surface area contributed by atoms with Crippen LogP contribution in [0.2, 0.25) is 0 Å². The summed E-state index contributed by atoms with van der Waals surface area (Å²) in [5.41, 5.74) is 3.60. The Morgan fingerprint density at radius 2 is 1.61 bits per heavy atom. The molecular formula is C39H46N4O5S. The van der Waals surface area contributed by atoms with Crippen LogP contribution in [0.3, 0.4) is 0 Å². The average Bonchev–Trinajstić information content (AvgIpc) is 3.81. The number of rotatable bonds is 17. The topological polar surface area (TPSA) is 122 Å². The highest BCUT2D eigenvalue weighted by molar-refractivity contribution is 7.14. The second-order valence-corrected chi connectivity index (χ2v) is 13.8. The molecule has 49 heavy (non-hydrogen) atoms. The molecule has 1 saturated heterocycles. The summed E-state index contributed by atoms with van der Waals surface area (Å²) >= 11 is 1.43. The zero-order valence-corrected chi connectivity index (χ0v) is 29.2. The van der Waals surface area contributed by atoms with E-state index in [2.05, 4.69) is 29.1 Å². The van der Waals surface area contributed by atoms with E-state index < -0.39 is 17.9 Å². The molecule has 1 aliphatic rings. The lowest BCUT2D eigenvalue weighted by molar-refractivity contribution is -0.141. The van der Waals surface area contributed by atoms with E-state index in [-0.39, 0.29) is 24.8 Å². The molecule has 0 aliphatic carbocycles. The Hall–Kier alpha value is -4.57. The van der Waals surface area contributed by atoms with Crippen LogP contribution >= 0.6 is 11.3 Å². The number of aryl methyl sites for hydroxylation is 1. The molecule has 0 radical (unpaired) electrons. The van der Waals surface area contributed by atoms with Crippen molar-refractivity contribution in [2.24, 2.45) is 5.92 Å². The normalized spacial score (nSPS) is 14.8. The first-order valence-electron chi connectivity index (χ1n) is 17.4. The number of thiophene rings is 1. The second-order valence-electron chi connectivity index (χ2n) is 12.6. The van der Waals surface area contributed by atoms with Crippen molar-refractivity contribution in [1.29, 1.82) is 0 Å². The molecule has 258 valence electrons. The number of hydrogen-bond acceptors (Lipinski definition) is 7. The minimum absolute atomic E-state index is 0.142. The Morgan fingerprint density at radius 3 is 2.29 bits per heavy atom. The van der Waals surface area contributed by atoms with Gasteiger partial charge < -0.3 is 20.1 Å². The Kier molecular flexibility index (Phi) is 12.9. The van der Waals surface area contributed by atoms with Crippen molar-refractivity contribution >= 4 is 29.1 Å². The molecule has 0 bridgehead atoms. The van der Waals surface area contributed by atoms with Crippen LogP contribution in [0.5, 0.6) is 5.75 Å². The standard InChI is InChI=1S/C39H46N4O5S/c1-3-5-6-7-8-22-48-32-16-14-28(15-17-32)31-24-40-36(41-25-31)29-12-10-27(11-13-29)23-34(38(45)43-21-20-30(26-43)39(46)47)42-37(44)35-19-18-33(49-35)9-4-2/h10-19,24-25,30,34H,3-9,20-23,26H2,1-2H3,(H,42,44)(H,46,47)/t30-,34-/m0/s1. The second kappa shape index (κ2) is 17.7. The van der Waals surface area contributed by atoms with Crippen molar-refractivity contribution in [1.82, 2.24) is 20.2 Å². The van der Waals surface area contributed by atoms with Gasteiger partial charge in [0.1, 0.15) is 11.8 Å². The Morgan fingerprint density at radius 1 is 0.898 bits per heavy atom. The van der Waals surface area contributed by atoms with Gasteiger partial charge in [-0.15, -0.1) is 11.3 Å². The Bertz CT molecular complexity index is 1670. The van der Waals surface area contributed by atoms with Crippen LogP contribution in [0.1, 0.15) is 78.9 Å². The van der Waals surface area contributed by atoms with Crippen LogP contribution in [-0.2, 0) is 22.4 Å². The number of nitrogens with zero attached hydrogens (tertiary/aromatic N) is 3. The third kappa shape index (κ3) is 9.98. The third-order valence-electron chi connectivity index (χ3n) is 8.84. The fourth-order valence-corrected chi connectivity index (χ4v) is 7.00. The van der Waals surface area contributed by atoms with Gasteiger partial charge in [-0.25, -0.2) is 9.97 Å². The number of likely N-dealkylation sites (tertiary alicyclic amines) is 1. The number of carbonyl (C=O) groups excluding carboxylic acids is 2. The molecule has 1 aliphatic heterocycles. The van der Waals surface area contributed by atoms with E-state index in [0.29, 0.717) is 23.7 Å². The molecule has 4 aromatic rings. The van der Waals surface area contributed by atoms with Crippen molar-refractivity contribution in [3.8, 4) is 28.3 Å². The number of aliphatic carboxylic acids is 1. The Balaban J connectivity index is 1.22. The number of carbonyl (C=O) groups is 3. The van der Waals surface area contributed by atoms with Gasteiger partial charge >= 0.3 is 5.97 Å². The number of amides is 2. The van der Waals surface area contributed by atoms with Crippen molar-refractivity contribution in [3.63, 3.8) is 0 Å². The number of nitrogens with one attached hydrogen (secondary N) is 1. The third-order valence-corrected chi connectivity index (χ3v) is 9.99. The minimum Gasteiger partial charge on any atom is -0.494 e. The molecule has 2 aromatic heterocycles. The summed E-state index contributed by atoms with van der Waals surface area (Å²) in [6.07, 6.45) is 12.2. The SMILES string of the molecule is CCCCCCCOc1ccc(-c2cnc(-c3ccc(C[C@H](NC(=O)c4ccc(CCC)s4)C(=O)N4CC[C@H](C(=O)O)C4)cc3)nc2)cc1. The zero-order chi connectivity index (χ0) is 34.6. The van der Waals surface area contributed by atoms with Crippen LogP contribution in [-0.4, -0.2) is 63.5 Å². The van der Waals surface area contributed by atoms with Gasteiger partial charge in [-0.1, -0.05) is 82.3 Å². The molecule has 0 saturated carbocycles. The monoisotopic (exact) mass is 682 g/mol. The lowest BCUT2D eigenvalue weighted by Gasteiger charge is -2.24. The lowest BCUT2D eigenvalue weighted by Crippen LogP contribution is -2.49. The highest BCUT2D eigenvalue weighted by atomic mass is 32.1. The first-order valence-corrected chi connectivity index (χ1v) is 18.2. The molecule has 1 fully saturated rings. The maximum absolute atomic E-state index is 13.6. The Labute approximate surface area is 292 Å². The fraction of sp³-hybridized carbons (Fsp3) is 0.410. The summed E-state index contributed by atoms with van der Waals surface area (Å²) in [5.74, 6) is -0.634. The number of carboxylic acid groups (broad SMARTS) is 1. The van der Waals surface area contributed by atoms with E-state index >= 15 is 0 Å². The molecule has 0 unspecified atom stereocenters. The van der Waals surface area contributed by atoms with Gasteiger partial charge in [-0.2, -0.15) is 0 Å². The molecule has 3 heterocycles. The van der Waals surface area contributed by atoms with E-state index in [9.17, 15) is 19.5 Å². The molecule has 5 rings (SSSR count). The predicted molar refractivity (Wildman–Crippen MR) is 193 cm³/mol. The van der Waals surface area contributed by atoms with E-state index in [1.165, 1.54) is 37.0 Å². The summed E-state index contributed by atoms with van der Waals surface area (Å²) in [4.78, 5) is 50.9. The molecular weight excluding hydrogens is 637 g/mol. The van der Waals surface area contributed by atoms with Crippen LogP contribution in [0.4, 0.5) is 0 Å². The van der Waals surface area contributed by atoms with Gasteiger partial charge in [-0.05, 0) is 54.7 Å². The highest BCUT2D eigenvalue weighted by Gasteiger charge is 2.35.